The van der Waals surface area contributed by atoms with E-state index in [0.717, 1.165) is 18.7 Å². The topological polar surface area (TPSA) is 102 Å². The van der Waals surface area contributed by atoms with Crippen LogP contribution in [-0.2, 0) is 29.2 Å². The molecule has 16 heteroatoms. The molecule has 4 aromatic rings. The van der Waals surface area contributed by atoms with Crippen LogP contribution < -0.4 is 16.2 Å². The lowest BCUT2D eigenvalue weighted by atomic mass is 9.95. The van der Waals surface area contributed by atoms with Gasteiger partial charge in [0.25, 0.3) is 11.5 Å². The van der Waals surface area contributed by atoms with Crippen LogP contribution >= 0.6 is 0 Å². The molecule has 0 spiro atoms. The van der Waals surface area contributed by atoms with E-state index in [1.165, 1.54) is 37.4 Å². The molecule has 2 aromatic carbocycles. The Labute approximate surface area is 261 Å². The lowest BCUT2D eigenvalue weighted by molar-refractivity contribution is -0.143. The first-order valence-corrected chi connectivity index (χ1v) is 13.8. The van der Waals surface area contributed by atoms with E-state index in [1.807, 2.05) is 5.32 Å². The third kappa shape index (κ3) is 7.52. The molecule has 0 saturated heterocycles. The van der Waals surface area contributed by atoms with Gasteiger partial charge in [-0.3, -0.25) is 14.6 Å². The van der Waals surface area contributed by atoms with Gasteiger partial charge in [-0.05, 0) is 36.2 Å². The predicted molar refractivity (Wildman–Crippen MR) is 155 cm³/mol. The molecule has 0 saturated carbocycles. The van der Waals surface area contributed by atoms with Crippen molar-refractivity contribution in [2.45, 2.75) is 44.2 Å². The van der Waals surface area contributed by atoms with Gasteiger partial charge in [-0.25, -0.2) is 13.6 Å². The van der Waals surface area contributed by atoms with Gasteiger partial charge in [0.05, 0.1) is 18.2 Å². The number of methoxy groups -OCH3 is 1. The molecule has 8 nitrogen and oxygen atoms in total. The molecule has 0 fully saturated rings. The second-order valence-corrected chi connectivity index (χ2v) is 10.4. The summed E-state index contributed by atoms with van der Waals surface area (Å²) in [5.41, 5.74) is -3.46. The minimum Gasteiger partial charge on any atom is -0.467 e. The Morgan fingerprint density at radius 1 is 1.00 bits per heavy atom. The van der Waals surface area contributed by atoms with Gasteiger partial charge in [0.2, 0.25) is 0 Å². The van der Waals surface area contributed by atoms with Crippen LogP contribution in [0.4, 0.5) is 40.8 Å². The van der Waals surface area contributed by atoms with Crippen molar-refractivity contribution in [1.29, 1.82) is 0 Å². The van der Waals surface area contributed by atoms with Gasteiger partial charge in [0.15, 0.2) is 0 Å². The number of carbonyl (C=O) groups is 2. The summed E-state index contributed by atoms with van der Waals surface area (Å²) < 4.78 is 115. The van der Waals surface area contributed by atoms with E-state index in [4.69, 9.17) is 4.74 Å². The maximum Gasteiger partial charge on any atom is 0.417 e. The standard InChI is InChI=1S/C31H26F8N4O4/c1-4-24(31(37,38)39)41-17-12-21(32)25(22(33)13-17)27(44)42-23(29(46)47-3)10-15-7-8-19(26-18(15)6-5-9-40-26)20-11-16(30(34,35)36)14-43(2)28(20)45/h5-9,11-14,23-24,41H,4,10H2,1-3H3,(H,42,44)/t23-,24+/m0/s1. The Morgan fingerprint density at radius 3 is 2.23 bits per heavy atom. The van der Waals surface area contributed by atoms with Crippen molar-refractivity contribution in [3.8, 4) is 11.1 Å². The fourth-order valence-electron chi connectivity index (χ4n) is 4.96. The first-order chi connectivity index (χ1) is 22.0. The van der Waals surface area contributed by atoms with E-state index in [9.17, 15) is 49.5 Å². The maximum atomic E-state index is 14.9. The lowest BCUT2D eigenvalue weighted by Crippen LogP contribution is -2.43. The molecule has 2 heterocycles. The summed E-state index contributed by atoms with van der Waals surface area (Å²) in [5, 5.41) is 4.42. The monoisotopic (exact) mass is 670 g/mol. The van der Waals surface area contributed by atoms with Crippen LogP contribution in [0.3, 0.4) is 0 Å². The number of anilines is 1. The molecule has 0 radical (unpaired) electrons. The number of alkyl halides is 6. The van der Waals surface area contributed by atoms with E-state index in [1.54, 1.807) is 0 Å². The first kappa shape index (κ1) is 34.8. The molecule has 0 aliphatic rings. The summed E-state index contributed by atoms with van der Waals surface area (Å²) in [6.07, 6.45) is -8.31. The highest BCUT2D eigenvalue weighted by Gasteiger charge is 2.38. The van der Waals surface area contributed by atoms with Crippen LogP contribution in [0.15, 0.2) is 59.7 Å². The second kappa shape index (κ2) is 13.4. The highest BCUT2D eigenvalue weighted by Crippen LogP contribution is 2.34. The van der Waals surface area contributed by atoms with E-state index < -0.39 is 76.7 Å². The largest absolute Gasteiger partial charge is 0.467 e. The summed E-state index contributed by atoms with van der Waals surface area (Å²) in [6, 6.07) is 3.70. The number of aromatic nitrogens is 2. The SMILES string of the molecule is CC[C@@H](Nc1cc(F)c(C(=O)N[C@@H](Cc2ccc(-c3cc(C(F)(F)F)cn(C)c3=O)c3ncccc23)C(=O)OC)c(F)c1)C(F)(F)F. The summed E-state index contributed by atoms with van der Waals surface area (Å²) >= 11 is 0. The molecule has 2 N–H and O–H groups in total. The molecule has 2 aromatic heterocycles. The van der Waals surface area contributed by atoms with Crippen molar-refractivity contribution in [2.24, 2.45) is 7.05 Å². The number of benzene rings is 2. The predicted octanol–water partition coefficient (Wildman–Crippen LogP) is 6.16. The van der Waals surface area contributed by atoms with E-state index in [2.05, 4.69) is 10.3 Å². The van der Waals surface area contributed by atoms with Gasteiger partial charge >= 0.3 is 18.3 Å². The molecular weight excluding hydrogens is 644 g/mol. The molecule has 0 aliphatic carbocycles. The molecule has 2 atom stereocenters. The summed E-state index contributed by atoms with van der Waals surface area (Å²) in [6.45, 7) is 1.21. The van der Waals surface area contributed by atoms with Gasteiger partial charge in [-0.2, -0.15) is 26.3 Å². The Morgan fingerprint density at radius 2 is 1.66 bits per heavy atom. The molecular formula is C31H26F8N4O4. The van der Waals surface area contributed by atoms with Crippen molar-refractivity contribution in [2.75, 3.05) is 12.4 Å². The third-order valence-corrected chi connectivity index (χ3v) is 7.29. The van der Waals surface area contributed by atoms with E-state index in [-0.39, 0.29) is 34.0 Å². The maximum absolute atomic E-state index is 14.9. The van der Waals surface area contributed by atoms with Crippen LogP contribution in [0.25, 0.3) is 22.0 Å². The molecule has 47 heavy (non-hydrogen) atoms. The summed E-state index contributed by atoms with van der Waals surface area (Å²) in [5.74, 6) is -5.47. The van der Waals surface area contributed by atoms with Crippen LogP contribution in [0, 0.1) is 11.6 Å². The number of rotatable bonds is 9. The van der Waals surface area contributed by atoms with Crippen molar-refractivity contribution >= 4 is 28.5 Å². The van der Waals surface area contributed by atoms with Crippen LogP contribution in [0.1, 0.15) is 34.8 Å². The van der Waals surface area contributed by atoms with Gasteiger partial charge in [0.1, 0.15) is 29.3 Å². The summed E-state index contributed by atoms with van der Waals surface area (Å²) in [7, 11) is 2.15. The number of esters is 1. The third-order valence-electron chi connectivity index (χ3n) is 7.29. The lowest BCUT2D eigenvalue weighted by Gasteiger charge is -2.22. The number of nitrogens with one attached hydrogen (secondary N) is 2. The number of carbonyl (C=O) groups excluding carboxylic acids is 2. The Balaban J connectivity index is 1.69. The van der Waals surface area contributed by atoms with Crippen molar-refractivity contribution in [1.82, 2.24) is 14.9 Å². The van der Waals surface area contributed by atoms with Crippen LogP contribution in [0.5, 0.6) is 0 Å². The number of hydrogen-bond donors (Lipinski definition) is 2. The Bertz CT molecular complexity index is 1870. The van der Waals surface area contributed by atoms with Crippen molar-refractivity contribution in [3.05, 3.63) is 93.5 Å². The molecule has 250 valence electrons. The highest BCUT2D eigenvalue weighted by molar-refractivity contribution is 5.99. The van der Waals surface area contributed by atoms with Gasteiger partial charge in [-0.15, -0.1) is 0 Å². The average Bonchev–Trinajstić information content (AvgIpc) is 2.99. The molecule has 4 rings (SSSR count). The van der Waals surface area contributed by atoms with Crippen molar-refractivity contribution in [3.63, 3.8) is 0 Å². The zero-order valence-electron chi connectivity index (χ0n) is 24.8. The quantitative estimate of drug-likeness (QED) is 0.163. The zero-order valence-corrected chi connectivity index (χ0v) is 24.8. The highest BCUT2D eigenvalue weighted by atomic mass is 19.4. The number of aryl methyl sites for hydroxylation is 1. The number of pyridine rings is 2. The normalized spacial score (nSPS) is 13.3. The van der Waals surface area contributed by atoms with Gasteiger partial charge in [-0.1, -0.05) is 25.1 Å². The average molecular weight is 671 g/mol. The Kier molecular flexibility index (Phi) is 9.92. The van der Waals surface area contributed by atoms with E-state index in [0.29, 0.717) is 24.4 Å². The summed E-state index contributed by atoms with van der Waals surface area (Å²) in [4.78, 5) is 42.8. The minimum atomic E-state index is -4.76. The van der Waals surface area contributed by atoms with Gasteiger partial charge < -0.3 is 19.9 Å². The number of amides is 1. The number of halogens is 8. The molecule has 0 bridgehead atoms. The number of hydrogen-bond acceptors (Lipinski definition) is 6. The van der Waals surface area contributed by atoms with Crippen molar-refractivity contribution < 1.29 is 49.4 Å². The second-order valence-electron chi connectivity index (χ2n) is 10.4. The van der Waals surface area contributed by atoms with Crippen LogP contribution in [0.2, 0.25) is 0 Å². The Hall–Kier alpha value is -5.02. The molecule has 0 unspecified atom stereocenters. The van der Waals surface area contributed by atoms with Gasteiger partial charge in [0, 0.05) is 48.1 Å². The first-order valence-electron chi connectivity index (χ1n) is 13.8. The molecule has 0 aliphatic heterocycles. The fourth-order valence-corrected chi connectivity index (χ4v) is 4.96. The number of nitrogens with zero attached hydrogens (tertiary/aromatic N) is 2. The van der Waals surface area contributed by atoms with E-state index >= 15 is 0 Å². The van der Waals surface area contributed by atoms with Crippen LogP contribution in [-0.4, -0.2) is 46.8 Å². The molecule has 1 amide bonds. The zero-order chi connectivity index (χ0) is 34.8. The fraction of sp³-hybridized carbons (Fsp3) is 0.290. The minimum absolute atomic E-state index is 0.0448. The number of fused-ring (bicyclic) bond motifs is 1. The smallest absolute Gasteiger partial charge is 0.417 e. The number of ether oxygens (including phenoxy) is 1.